The molecule has 0 spiro atoms. The smallest absolute Gasteiger partial charge is 0.119 e. The first-order valence-electron chi connectivity index (χ1n) is 6.14. The molecule has 0 fully saturated rings. The van der Waals surface area contributed by atoms with Gasteiger partial charge in [0.15, 0.2) is 0 Å². The van der Waals surface area contributed by atoms with Crippen molar-refractivity contribution in [3.63, 3.8) is 0 Å². The second-order valence-corrected chi connectivity index (χ2v) is 4.93. The Labute approximate surface area is 118 Å². The van der Waals surface area contributed by atoms with Crippen molar-refractivity contribution in [1.82, 2.24) is 0 Å². The van der Waals surface area contributed by atoms with Gasteiger partial charge in [-0.1, -0.05) is 36.4 Å². The maximum absolute atomic E-state index is 5.28. The first kappa shape index (κ1) is 12.1. The molecule has 0 amide bonds. The molecule has 0 N–H and O–H groups in total. The van der Waals surface area contributed by atoms with E-state index in [1.165, 1.54) is 16.3 Å². The molecule has 0 heterocycles. The van der Waals surface area contributed by atoms with E-state index in [4.69, 9.17) is 4.74 Å². The SMILES string of the molecule is COc1ccc2ccc(-c3ccccc3S)cc2c1. The molecule has 1 nitrogen and oxygen atoms in total. The van der Waals surface area contributed by atoms with Gasteiger partial charge < -0.3 is 4.74 Å². The minimum atomic E-state index is 0.879. The summed E-state index contributed by atoms with van der Waals surface area (Å²) >= 11 is 4.52. The van der Waals surface area contributed by atoms with E-state index in [0.29, 0.717) is 0 Å². The van der Waals surface area contributed by atoms with Crippen LogP contribution in [0.1, 0.15) is 0 Å². The highest BCUT2D eigenvalue weighted by atomic mass is 32.1. The Morgan fingerprint density at radius 2 is 1.63 bits per heavy atom. The van der Waals surface area contributed by atoms with Crippen molar-refractivity contribution in [2.24, 2.45) is 0 Å². The second-order valence-electron chi connectivity index (χ2n) is 4.45. The van der Waals surface area contributed by atoms with Crippen LogP contribution < -0.4 is 4.74 Å². The molecule has 0 aliphatic heterocycles. The number of hydrogen-bond acceptors (Lipinski definition) is 2. The Hall–Kier alpha value is -1.93. The van der Waals surface area contributed by atoms with E-state index in [1.807, 2.05) is 24.3 Å². The largest absolute Gasteiger partial charge is 0.497 e. The summed E-state index contributed by atoms with van der Waals surface area (Å²) < 4.78 is 5.28. The van der Waals surface area contributed by atoms with E-state index in [0.717, 1.165) is 16.2 Å². The zero-order valence-corrected chi connectivity index (χ0v) is 11.5. The highest BCUT2D eigenvalue weighted by Gasteiger charge is 2.03. The van der Waals surface area contributed by atoms with Crippen LogP contribution in [0.4, 0.5) is 0 Å². The van der Waals surface area contributed by atoms with Gasteiger partial charge in [-0.3, -0.25) is 0 Å². The monoisotopic (exact) mass is 266 g/mol. The number of methoxy groups -OCH3 is 1. The average Bonchev–Trinajstić information content (AvgIpc) is 2.46. The first-order chi connectivity index (χ1) is 9.28. The van der Waals surface area contributed by atoms with Crippen molar-refractivity contribution in [1.29, 1.82) is 0 Å². The van der Waals surface area contributed by atoms with Crippen LogP contribution in [0.2, 0.25) is 0 Å². The van der Waals surface area contributed by atoms with E-state index >= 15 is 0 Å². The summed E-state index contributed by atoms with van der Waals surface area (Å²) in [4.78, 5) is 0.991. The van der Waals surface area contributed by atoms with Gasteiger partial charge in [0.2, 0.25) is 0 Å². The predicted molar refractivity (Wildman–Crippen MR) is 83.2 cm³/mol. The Morgan fingerprint density at radius 3 is 2.42 bits per heavy atom. The van der Waals surface area contributed by atoms with Gasteiger partial charge in [0, 0.05) is 4.90 Å². The number of hydrogen-bond donors (Lipinski definition) is 1. The van der Waals surface area contributed by atoms with Crippen molar-refractivity contribution in [3.8, 4) is 16.9 Å². The molecule has 0 saturated carbocycles. The standard InChI is InChI=1S/C17H14OS/c1-18-15-9-8-12-6-7-13(10-14(12)11-15)16-4-2-3-5-17(16)19/h2-11,19H,1H3. The third kappa shape index (κ3) is 2.32. The minimum Gasteiger partial charge on any atom is -0.497 e. The molecule has 0 saturated heterocycles. The molecule has 0 bridgehead atoms. The fourth-order valence-corrected chi connectivity index (χ4v) is 2.53. The summed E-state index contributed by atoms with van der Waals surface area (Å²) in [5, 5.41) is 2.38. The Balaban J connectivity index is 2.18. The minimum absolute atomic E-state index is 0.879. The number of thiol groups is 1. The van der Waals surface area contributed by atoms with Gasteiger partial charge in [-0.15, -0.1) is 12.6 Å². The summed E-state index contributed by atoms with van der Waals surface area (Å²) in [6.07, 6.45) is 0. The van der Waals surface area contributed by atoms with Crippen LogP contribution in [0.3, 0.4) is 0 Å². The average molecular weight is 266 g/mol. The van der Waals surface area contributed by atoms with Gasteiger partial charge in [-0.25, -0.2) is 0 Å². The lowest BCUT2D eigenvalue weighted by molar-refractivity contribution is 0.415. The molecule has 3 aromatic rings. The molecule has 3 aromatic carbocycles. The maximum atomic E-state index is 5.28. The summed E-state index contributed by atoms with van der Waals surface area (Å²) in [6, 6.07) is 20.7. The van der Waals surface area contributed by atoms with Gasteiger partial charge >= 0.3 is 0 Å². The van der Waals surface area contributed by atoms with Crippen LogP contribution in [0.25, 0.3) is 21.9 Å². The van der Waals surface area contributed by atoms with Crippen LogP contribution in [-0.2, 0) is 0 Å². The zero-order valence-electron chi connectivity index (χ0n) is 10.6. The molecule has 0 aliphatic rings. The second kappa shape index (κ2) is 4.98. The number of ether oxygens (including phenoxy) is 1. The van der Waals surface area contributed by atoms with Gasteiger partial charge in [0.1, 0.15) is 5.75 Å². The van der Waals surface area contributed by atoms with E-state index < -0.39 is 0 Å². The van der Waals surface area contributed by atoms with E-state index in [9.17, 15) is 0 Å². The molecule has 0 atom stereocenters. The lowest BCUT2D eigenvalue weighted by Gasteiger charge is -2.08. The number of rotatable bonds is 2. The molecule has 0 radical (unpaired) electrons. The molecular weight excluding hydrogens is 252 g/mol. The fraction of sp³-hybridized carbons (Fsp3) is 0.0588. The highest BCUT2D eigenvalue weighted by Crippen LogP contribution is 2.30. The van der Waals surface area contributed by atoms with Gasteiger partial charge in [-0.2, -0.15) is 0 Å². The van der Waals surface area contributed by atoms with Crippen LogP contribution in [0, 0.1) is 0 Å². The zero-order chi connectivity index (χ0) is 13.2. The van der Waals surface area contributed by atoms with Crippen LogP contribution in [-0.4, -0.2) is 7.11 Å². The third-order valence-electron chi connectivity index (χ3n) is 3.26. The fourth-order valence-electron chi connectivity index (χ4n) is 2.24. The van der Waals surface area contributed by atoms with Crippen molar-refractivity contribution in [2.45, 2.75) is 4.90 Å². The molecule has 19 heavy (non-hydrogen) atoms. The molecule has 0 aliphatic carbocycles. The number of fused-ring (bicyclic) bond motifs is 1. The van der Waals surface area contributed by atoms with E-state index in [2.05, 4.69) is 49.0 Å². The molecule has 0 aromatic heterocycles. The Bertz CT molecular complexity index is 734. The van der Waals surface area contributed by atoms with Crippen LogP contribution >= 0.6 is 12.6 Å². The van der Waals surface area contributed by atoms with Gasteiger partial charge in [-0.05, 0) is 46.2 Å². The molecule has 2 heteroatoms. The van der Waals surface area contributed by atoms with Crippen molar-refractivity contribution in [3.05, 3.63) is 60.7 Å². The van der Waals surface area contributed by atoms with Crippen LogP contribution in [0.5, 0.6) is 5.75 Å². The van der Waals surface area contributed by atoms with Crippen molar-refractivity contribution in [2.75, 3.05) is 7.11 Å². The van der Waals surface area contributed by atoms with Crippen LogP contribution in [0.15, 0.2) is 65.6 Å². The maximum Gasteiger partial charge on any atom is 0.119 e. The first-order valence-corrected chi connectivity index (χ1v) is 6.59. The molecule has 3 rings (SSSR count). The molecule has 94 valence electrons. The summed E-state index contributed by atoms with van der Waals surface area (Å²) in [7, 11) is 1.69. The third-order valence-corrected chi connectivity index (χ3v) is 3.65. The summed E-state index contributed by atoms with van der Waals surface area (Å²) in [5.74, 6) is 0.879. The lowest BCUT2D eigenvalue weighted by Crippen LogP contribution is -1.84. The lowest BCUT2D eigenvalue weighted by atomic mass is 10.0. The van der Waals surface area contributed by atoms with Crippen molar-refractivity contribution >= 4 is 23.4 Å². The van der Waals surface area contributed by atoms with E-state index in [1.54, 1.807) is 7.11 Å². The highest BCUT2D eigenvalue weighted by molar-refractivity contribution is 7.80. The topological polar surface area (TPSA) is 9.23 Å². The summed E-state index contributed by atoms with van der Waals surface area (Å²) in [6.45, 7) is 0. The Kier molecular flexibility index (Phi) is 3.18. The molecule has 0 unspecified atom stereocenters. The summed E-state index contributed by atoms with van der Waals surface area (Å²) in [5.41, 5.74) is 2.32. The van der Waals surface area contributed by atoms with E-state index in [-0.39, 0.29) is 0 Å². The quantitative estimate of drug-likeness (QED) is 0.655. The molecular formula is C17H14OS. The van der Waals surface area contributed by atoms with Crippen molar-refractivity contribution < 1.29 is 4.74 Å². The predicted octanol–water partition coefficient (Wildman–Crippen LogP) is 4.80. The van der Waals surface area contributed by atoms with Gasteiger partial charge in [0.05, 0.1) is 7.11 Å². The normalized spacial score (nSPS) is 10.6. The Morgan fingerprint density at radius 1 is 0.842 bits per heavy atom. The van der Waals surface area contributed by atoms with Gasteiger partial charge in [0.25, 0.3) is 0 Å². The number of benzene rings is 3.